The largest absolute Gasteiger partial charge is 0.457 e. The van der Waals surface area contributed by atoms with Crippen LogP contribution < -0.4 is 4.74 Å². The summed E-state index contributed by atoms with van der Waals surface area (Å²) in [5, 5.41) is 8.93. The molecule has 0 aliphatic carbocycles. The summed E-state index contributed by atoms with van der Waals surface area (Å²) in [4.78, 5) is 3.92. The summed E-state index contributed by atoms with van der Waals surface area (Å²) < 4.78 is 19.2. The molecule has 0 bridgehead atoms. The first-order valence-electron chi connectivity index (χ1n) is 4.87. The van der Waals surface area contributed by atoms with Gasteiger partial charge in [0.15, 0.2) is 0 Å². The van der Waals surface area contributed by atoms with Crippen molar-refractivity contribution in [1.82, 2.24) is 4.98 Å². The summed E-state index contributed by atoms with van der Waals surface area (Å²) >= 11 is 3.18. The molecule has 17 heavy (non-hydrogen) atoms. The summed E-state index contributed by atoms with van der Waals surface area (Å²) in [6.07, 6.45) is 1.52. The monoisotopic (exact) mass is 297 g/mol. The highest BCUT2D eigenvalue weighted by Gasteiger charge is 2.03. The number of aromatic nitrogens is 1. The molecule has 5 heteroatoms. The van der Waals surface area contributed by atoms with Gasteiger partial charge in [0.2, 0.25) is 0 Å². The number of aliphatic hydroxyl groups is 1. The van der Waals surface area contributed by atoms with Gasteiger partial charge in [0.1, 0.15) is 17.3 Å². The zero-order valence-corrected chi connectivity index (χ0v) is 10.3. The van der Waals surface area contributed by atoms with E-state index in [4.69, 9.17) is 9.84 Å². The predicted octanol–water partition coefficient (Wildman–Crippen LogP) is 3.27. The first kappa shape index (κ1) is 12.0. The molecule has 2 rings (SSSR count). The van der Waals surface area contributed by atoms with E-state index in [9.17, 15) is 4.39 Å². The number of hydrogen-bond donors (Lipinski definition) is 1. The lowest BCUT2D eigenvalue weighted by Gasteiger charge is -2.07. The molecule has 0 unspecified atom stereocenters. The molecule has 0 fully saturated rings. The maximum Gasteiger partial charge on any atom is 0.131 e. The Kier molecular flexibility index (Phi) is 3.71. The number of hydrogen-bond acceptors (Lipinski definition) is 3. The average molecular weight is 298 g/mol. The molecule has 0 saturated carbocycles. The fourth-order valence-electron chi connectivity index (χ4n) is 1.33. The van der Waals surface area contributed by atoms with Crippen LogP contribution in [0.15, 0.2) is 41.0 Å². The molecule has 0 spiro atoms. The lowest BCUT2D eigenvalue weighted by molar-refractivity contribution is 0.276. The molecule has 0 atom stereocenters. The Labute approximate surface area is 106 Å². The number of pyridine rings is 1. The van der Waals surface area contributed by atoms with E-state index in [1.54, 1.807) is 18.2 Å². The van der Waals surface area contributed by atoms with Crippen molar-refractivity contribution in [3.63, 3.8) is 0 Å². The summed E-state index contributed by atoms with van der Waals surface area (Å²) in [7, 11) is 0. The fourth-order valence-corrected chi connectivity index (χ4v) is 1.77. The van der Waals surface area contributed by atoms with E-state index in [1.807, 2.05) is 0 Å². The number of halogens is 2. The van der Waals surface area contributed by atoms with Crippen LogP contribution in [0.3, 0.4) is 0 Å². The molecule has 0 aliphatic rings. The summed E-state index contributed by atoms with van der Waals surface area (Å²) in [6.45, 7) is -0.163. The smallest absolute Gasteiger partial charge is 0.131 e. The first-order chi connectivity index (χ1) is 8.17. The topological polar surface area (TPSA) is 42.4 Å². The van der Waals surface area contributed by atoms with Crippen LogP contribution in [0.25, 0.3) is 0 Å². The third-order valence-electron chi connectivity index (χ3n) is 2.02. The van der Waals surface area contributed by atoms with Crippen LogP contribution in [0, 0.1) is 5.82 Å². The van der Waals surface area contributed by atoms with Crippen LogP contribution in [0.1, 0.15) is 5.69 Å². The Bertz CT molecular complexity index is 513. The molecule has 1 aromatic carbocycles. The molecule has 1 heterocycles. The van der Waals surface area contributed by atoms with Gasteiger partial charge < -0.3 is 9.84 Å². The molecule has 3 nitrogen and oxygen atoms in total. The number of rotatable bonds is 3. The predicted molar refractivity (Wildman–Crippen MR) is 64.3 cm³/mol. The van der Waals surface area contributed by atoms with Gasteiger partial charge in [-0.3, -0.25) is 4.98 Å². The summed E-state index contributed by atoms with van der Waals surface area (Å²) in [6, 6.07) is 7.52. The van der Waals surface area contributed by atoms with E-state index < -0.39 is 0 Å². The van der Waals surface area contributed by atoms with Crippen molar-refractivity contribution in [3.05, 3.63) is 52.5 Å². The number of benzene rings is 1. The second kappa shape index (κ2) is 5.25. The van der Waals surface area contributed by atoms with Crippen molar-refractivity contribution in [2.75, 3.05) is 0 Å². The van der Waals surface area contributed by atoms with Crippen molar-refractivity contribution in [2.24, 2.45) is 0 Å². The summed E-state index contributed by atoms with van der Waals surface area (Å²) in [5.41, 5.74) is 0.498. The van der Waals surface area contributed by atoms with Crippen LogP contribution >= 0.6 is 15.9 Å². The number of nitrogens with zero attached hydrogens (tertiary/aromatic N) is 1. The van der Waals surface area contributed by atoms with E-state index in [2.05, 4.69) is 20.9 Å². The van der Waals surface area contributed by atoms with Gasteiger partial charge in [-0.25, -0.2) is 4.39 Å². The molecule has 0 amide bonds. The number of aliphatic hydroxyl groups excluding tert-OH is 1. The van der Waals surface area contributed by atoms with Gasteiger partial charge in [0.25, 0.3) is 0 Å². The van der Waals surface area contributed by atoms with Crippen molar-refractivity contribution < 1.29 is 14.2 Å². The minimum absolute atomic E-state index is 0.163. The molecular formula is C12H9BrFNO2. The van der Waals surface area contributed by atoms with Crippen molar-refractivity contribution in [1.29, 1.82) is 0 Å². The molecular weight excluding hydrogens is 289 g/mol. The van der Waals surface area contributed by atoms with Gasteiger partial charge in [-0.1, -0.05) is 15.9 Å². The molecule has 0 aliphatic heterocycles. The Morgan fingerprint density at radius 1 is 1.24 bits per heavy atom. The Balaban J connectivity index is 2.24. The van der Waals surface area contributed by atoms with E-state index in [1.165, 1.54) is 18.3 Å². The SMILES string of the molecule is OCc1cc(Oc2cc(F)cc(Br)c2)ccn1. The molecule has 0 radical (unpaired) electrons. The first-order valence-corrected chi connectivity index (χ1v) is 5.66. The lowest BCUT2D eigenvalue weighted by Crippen LogP contribution is -1.91. The van der Waals surface area contributed by atoms with Crippen LogP contribution in [0.4, 0.5) is 4.39 Å². The highest BCUT2D eigenvalue weighted by atomic mass is 79.9. The van der Waals surface area contributed by atoms with E-state index >= 15 is 0 Å². The van der Waals surface area contributed by atoms with Gasteiger partial charge in [-0.15, -0.1) is 0 Å². The van der Waals surface area contributed by atoms with E-state index in [0.717, 1.165) is 0 Å². The molecule has 1 aromatic heterocycles. The third-order valence-corrected chi connectivity index (χ3v) is 2.48. The van der Waals surface area contributed by atoms with Gasteiger partial charge >= 0.3 is 0 Å². The second-order valence-corrected chi connectivity index (χ2v) is 4.26. The quantitative estimate of drug-likeness (QED) is 0.945. The maximum absolute atomic E-state index is 13.1. The fraction of sp³-hybridized carbons (Fsp3) is 0.0833. The summed E-state index contributed by atoms with van der Waals surface area (Å²) in [5.74, 6) is 0.499. The zero-order chi connectivity index (χ0) is 12.3. The normalized spacial score (nSPS) is 10.3. The van der Waals surface area contributed by atoms with Crippen molar-refractivity contribution >= 4 is 15.9 Å². The van der Waals surface area contributed by atoms with E-state index in [0.29, 0.717) is 21.7 Å². The standard InChI is InChI=1S/C12H9BrFNO2/c13-8-3-9(14)5-12(4-8)17-11-1-2-15-10(6-11)7-16/h1-6,16H,7H2. The molecule has 0 saturated heterocycles. The molecule has 2 aromatic rings. The van der Waals surface area contributed by atoms with Gasteiger partial charge in [-0.2, -0.15) is 0 Å². The minimum atomic E-state index is -0.384. The van der Waals surface area contributed by atoms with Crippen LogP contribution in [0.5, 0.6) is 11.5 Å². The zero-order valence-electron chi connectivity index (χ0n) is 8.73. The molecule has 1 N–H and O–H groups in total. The maximum atomic E-state index is 13.1. The molecule has 88 valence electrons. The lowest BCUT2D eigenvalue weighted by atomic mass is 10.3. The van der Waals surface area contributed by atoms with Crippen molar-refractivity contribution in [3.8, 4) is 11.5 Å². The van der Waals surface area contributed by atoms with Gasteiger partial charge in [0.05, 0.1) is 12.3 Å². The Morgan fingerprint density at radius 2 is 2.06 bits per heavy atom. The third kappa shape index (κ3) is 3.25. The van der Waals surface area contributed by atoms with E-state index in [-0.39, 0.29) is 12.4 Å². The average Bonchev–Trinajstić information content (AvgIpc) is 2.28. The highest BCUT2D eigenvalue weighted by Crippen LogP contribution is 2.25. The van der Waals surface area contributed by atoms with Crippen LogP contribution in [-0.2, 0) is 6.61 Å². The van der Waals surface area contributed by atoms with Crippen molar-refractivity contribution in [2.45, 2.75) is 6.61 Å². The van der Waals surface area contributed by atoms with Crippen LogP contribution in [-0.4, -0.2) is 10.1 Å². The number of ether oxygens (including phenoxy) is 1. The van der Waals surface area contributed by atoms with Gasteiger partial charge in [0, 0.05) is 22.8 Å². The Morgan fingerprint density at radius 3 is 2.76 bits per heavy atom. The Hall–Kier alpha value is -1.46. The van der Waals surface area contributed by atoms with Crippen LogP contribution in [0.2, 0.25) is 0 Å². The second-order valence-electron chi connectivity index (χ2n) is 3.35. The van der Waals surface area contributed by atoms with Gasteiger partial charge in [-0.05, 0) is 18.2 Å². The minimum Gasteiger partial charge on any atom is -0.457 e. The highest BCUT2D eigenvalue weighted by molar-refractivity contribution is 9.10.